The van der Waals surface area contributed by atoms with E-state index in [1.165, 1.54) is 63.1 Å². The predicted octanol–water partition coefficient (Wildman–Crippen LogP) is -2.33. The van der Waals surface area contributed by atoms with Crippen molar-refractivity contribution in [2.24, 2.45) is 34.8 Å². The van der Waals surface area contributed by atoms with Gasteiger partial charge in [-0.2, -0.15) is 0 Å². The number of hydrogen-bond donors (Lipinski definition) is 18. The zero-order valence-corrected chi connectivity index (χ0v) is 78.0. The van der Waals surface area contributed by atoms with Crippen LogP contribution in [-0.4, -0.2) is 317 Å². The number of nitrogens with zero attached hydrogens (tertiary/aromatic N) is 6. The van der Waals surface area contributed by atoms with E-state index < -0.39 is 273 Å². The number of nitrogens with one attached hydrogen (secondary N) is 10. The number of nitrogens with two attached hydrogens (primary N) is 4. The SMILES string of the molecule is CCCC[C@H]1C(=O)N(C)[C@@H](CCCC)C(=O)N[C@@H](CC(C)C)C(=O)N[C@H](C(=O)NCC(N)=O)CSCC(=O)N[C@@H](Cc2ccc(O)cc2)C(=O)N(C)[C@@H](C)C(=O)N[C@@H](CC(=O)O)C(=O)N2CCC[C@H]2C(=O)N[C@@H](CN)C(=O)N[C@@H](CCC(N)=O)C(=O)N2C[C@H](O)C[C@H]2C(=O)C[C@@H](Cc2c[nH]c3ccccc23)C(=O)N[C@@H](CCN)C(=O)N[C@@H](Cc2cn(CC(=O)O)c3ccccc23)C(=O)N1C. The van der Waals surface area contributed by atoms with Gasteiger partial charge >= 0.3 is 11.9 Å². The highest BCUT2D eigenvalue weighted by atomic mass is 32.2. The summed E-state index contributed by atoms with van der Waals surface area (Å²) < 4.78 is 1.43. The van der Waals surface area contributed by atoms with E-state index in [4.69, 9.17) is 22.9 Å². The Morgan fingerprint density at radius 3 is 1.81 bits per heavy atom. The van der Waals surface area contributed by atoms with E-state index in [-0.39, 0.29) is 82.5 Å². The molecule has 3 fully saturated rings. The number of hydrogen-bond acceptors (Lipinski definition) is 24. The molecule has 135 heavy (non-hydrogen) atoms. The summed E-state index contributed by atoms with van der Waals surface area (Å²) >= 11 is 0.765. The average Bonchev–Trinajstić information content (AvgIpc) is 1.55. The summed E-state index contributed by atoms with van der Waals surface area (Å²) in [4.78, 5) is 282. The number of aromatic hydroxyl groups is 1. The number of carbonyl (C=O) groups is 19. The number of aliphatic carboxylic acids is 2. The Kier molecular flexibility index (Phi) is 40.4. The van der Waals surface area contributed by atoms with Crippen molar-refractivity contribution >= 4 is 146 Å². The van der Waals surface area contributed by atoms with Crippen molar-refractivity contribution < 1.29 is 112 Å². The number of aliphatic hydroxyl groups excluding tert-OH is 1. The molecular weight excluding hydrogens is 1770 g/mol. The number of carboxylic acid groups (broad SMARTS) is 2. The highest BCUT2D eigenvalue weighted by molar-refractivity contribution is 8.00. The molecule has 3 aliphatic heterocycles. The number of phenols is 1. The Balaban J connectivity index is 1.21. The first kappa shape index (κ1) is 107. The molecule has 3 saturated heterocycles. The number of aliphatic hydroxyl groups is 1. The Bertz CT molecular complexity index is 5120. The van der Waals surface area contributed by atoms with Crippen LogP contribution in [0.1, 0.15) is 148 Å². The monoisotopic (exact) mass is 1900 g/mol. The second kappa shape index (κ2) is 50.8. The lowest BCUT2D eigenvalue weighted by Crippen LogP contribution is -2.61. The standard InChI is InChI=1S/C91H128N20O23S/c1-9-11-21-69-85(128)101-62(34-49(3)4)83(126)105-67(81(124)97-43-75(95)116)47-135-48-76(117)98-63(35-51-25-27-55(112)28-26-51)87(130)106(6)50(5)79(122)102-65(40-77(118)119)90(133)110-33-17-24-70(110)86(129)104-66(41-93)84(127)100-61(29-30-74(94)115)89(132)111-45-56(113)39-72(111)73(114)38-52(36-53-42-96-59-20-15-13-18-57(53)59)80(123)99-60(31-32-92)82(125)103-64(88(131)108(8)71(22-12-10-2)91(134)107(69)7)37-54-44-109(46-78(120)121)68-23-16-14-19-58(54)68/h13-16,18-20,23,25-28,42,44,49-50,52,56,60-67,69-72,96,112-113H,9-12,17,21-22,24,29-41,43,45-48,92-93H2,1-8H3,(H2,94,115)(H2,95,116)(H,97,124)(H,98,117)(H,99,123)(H,100,127)(H,101,128)(H,102,122)(H,103,125)(H,104,129)(H,105,126)(H,118,119)(H,120,121)/t50-,52+,56+,60-,61-,62-,63-,64-,65-,66-,67-,69-,70-,71-,72-/m0/s1. The van der Waals surface area contributed by atoms with Crippen LogP contribution in [0.15, 0.2) is 85.2 Å². The molecule has 5 aromatic rings. The van der Waals surface area contributed by atoms with Crippen molar-refractivity contribution in [3.8, 4) is 5.75 Å². The molecule has 3 aliphatic rings. The third-order valence-corrected chi connectivity index (χ3v) is 25.4. The number of thioether (sulfide) groups is 1. The van der Waals surface area contributed by atoms with Gasteiger partial charge in [-0.1, -0.05) is 102 Å². The summed E-state index contributed by atoms with van der Waals surface area (Å²) in [5.74, 6) is -22.0. The zero-order valence-electron chi connectivity index (χ0n) is 77.2. The number of carbonyl (C=O) groups excluding carboxylic acids is 17. The van der Waals surface area contributed by atoms with Crippen LogP contribution in [-0.2, 0) is 117 Å². The third kappa shape index (κ3) is 29.9. The van der Waals surface area contributed by atoms with Gasteiger partial charge in [0.25, 0.3) is 0 Å². The number of unbranched alkanes of at least 4 members (excludes halogenated alkanes) is 2. The van der Waals surface area contributed by atoms with E-state index in [2.05, 4.69) is 52.8 Å². The molecule has 8 rings (SSSR count). The van der Waals surface area contributed by atoms with Gasteiger partial charge in [0.15, 0.2) is 5.78 Å². The van der Waals surface area contributed by atoms with Crippen LogP contribution in [0.2, 0.25) is 0 Å². The number of fused-ring (bicyclic) bond motifs is 4. The fourth-order valence-corrected chi connectivity index (χ4v) is 17.8. The fraction of sp³-hybridized carbons (Fsp3) is 0.549. The summed E-state index contributed by atoms with van der Waals surface area (Å²) in [6.07, 6.45) is -1.33. The van der Waals surface area contributed by atoms with Crippen LogP contribution in [0, 0.1) is 11.8 Å². The number of H-pyrrole nitrogens is 1. The lowest BCUT2D eigenvalue weighted by Gasteiger charge is -2.36. The van der Waals surface area contributed by atoms with Crippen LogP contribution in [0.3, 0.4) is 0 Å². The molecule has 22 N–H and O–H groups in total. The van der Waals surface area contributed by atoms with E-state index in [0.717, 1.165) is 36.3 Å². The predicted molar refractivity (Wildman–Crippen MR) is 493 cm³/mol. The maximum atomic E-state index is 16.0. The number of Topliss-reactive ketones (excluding diaryl/α,β-unsaturated/α-hetero) is 1. The highest BCUT2D eigenvalue weighted by Crippen LogP contribution is 2.31. The molecule has 0 spiro atoms. The second-order valence-electron chi connectivity index (χ2n) is 34.9. The Hall–Kier alpha value is -13.1. The van der Waals surface area contributed by atoms with Gasteiger partial charge < -0.3 is 125 Å². The molecule has 0 bridgehead atoms. The van der Waals surface area contributed by atoms with Crippen molar-refractivity contribution in [1.82, 2.24) is 81.9 Å². The molecule has 16 amide bonds. The maximum Gasteiger partial charge on any atom is 0.323 e. The van der Waals surface area contributed by atoms with Gasteiger partial charge in [-0.05, 0) is 112 Å². The average molecular weight is 1900 g/mol. The minimum atomic E-state index is -1.93. The molecule has 5 heterocycles. The summed E-state index contributed by atoms with van der Waals surface area (Å²) in [5, 5.41) is 66.4. The third-order valence-electron chi connectivity index (χ3n) is 24.3. The molecule has 736 valence electrons. The van der Waals surface area contributed by atoms with Crippen LogP contribution in [0.4, 0.5) is 0 Å². The summed E-state index contributed by atoms with van der Waals surface area (Å²) in [5.41, 5.74) is 25.7. The number of likely N-dealkylation sites (N-methyl/N-ethyl adjacent to an activating group) is 3. The van der Waals surface area contributed by atoms with Gasteiger partial charge in [-0.15, -0.1) is 11.8 Å². The van der Waals surface area contributed by atoms with E-state index in [9.17, 15) is 78.0 Å². The van der Waals surface area contributed by atoms with Crippen molar-refractivity contribution in [3.05, 3.63) is 102 Å². The van der Waals surface area contributed by atoms with E-state index in [1.807, 2.05) is 13.8 Å². The Labute approximate surface area is 784 Å². The number of ketones is 1. The molecular formula is C91H128N20O23S. The Morgan fingerprint density at radius 1 is 0.570 bits per heavy atom. The van der Waals surface area contributed by atoms with Gasteiger partial charge in [-0.3, -0.25) is 91.1 Å². The molecule has 2 aromatic heterocycles. The Morgan fingerprint density at radius 2 is 1.16 bits per heavy atom. The fourth-order valence-electron chi connectivity index (χ4n) is 16.9. The smallest absolute Gasteiger partial charge is 0.323 e. The maximum absolute atomic E-state index is 16.0. The summed E-state index contributed by atoms with van der Waals surface area (Å²) in [6.45, 7) is 5.41. The number of aromatic amines is 1. The van der Waals surface area contributed by atoms with Crippen LogP contribution in [0.5, 0.6) is 5.75 Å². The lowest BCUT2D eigenvalue weighted by atomic mass is 9.90. The van der Waals surface area contributed by atoms with Crippen molar-refractivity contribution in [3.63, 3.8) is 0 Å². The number of primary amides is 2. The molecule has 0 saturated carbocycles. The first-order valence-electron chi connectivity index (χ1n) is 45.3. The molecule has 44 heteroatoms. The molecule has 0 unspecified atom stereocenters. The minimum Gasteiger partial charge on any atom is -0.508 e. The van der Waals surface area contributed by atoms with Gasteiger partial charge in [0.05, 0.1) is 30.9 Å². The minimum absolute atomic E-state index is 0.00950. The number of amides is 16. The number of aromatic nitrogens is 2. The van der Waals surface area contributed by atoms with E-state index in [0.29, 0.717) is 64.2 Å². The summed E-state index contributed by atoms with van der Waals surface area (Å²) in [7, 11) is 3.85. The van der Waals surface area contributed by atoms with Gasteiger partial charge in [0.1, 0.15) is 84.8 Å². The molecule has 15 atom stereocenters. The van der Waals surface area contributed by atoms with Gasteiger partial charge in [-0.25, -0.2) is 0 Å². The van der Waals surface area contributed by atoms with E-state index >= 15 is 33.6 Å². The quantitative estimate of drug-likeness (QED) is 0.0262. The number of phenolic OH excluding ortho intramolecular Hbond substituents is 1. The van der Waals surface area contributed by atoms with Crippen molar-refractivity contribution in [2.75, 3.05) is 65.4 Å². The number of para-hydroxylation sites is 2. The topological polar surface area (TPSA) is 655 Å². The van der Waals surface area contributed by atoms with Gasteiger partial charge in [0, 0.05) is 119 Å². The highest BCUT2D eigenvalue weighted by Gasteiger charge is 2.47. The zero-order chi connectivity index (χ0) is 99.4. The number of rotatable bonds is 27. The molecule has 3 aromatic carbocycles. The van der Waals surface area contributed by atoms with E-state index in [1.54, 1.807) is 68.6 Å². The molecule has 43 nitrogen and oxygen atoms in total. The second-order valence-corrected chi connectivity index (χ2v) is 35.9. The largest absolute Gasteiger partial charge is 0.508 e. The summed E-state index contributed by atoms with van der Waals surface area (Å²) in [6, 6.07) is -1.52. The number of carboxylic acids is 2. The molecule has 0 aliphatic carbocycles. The lowest BCUT2D eigenvalue weighted by molar-refractivity contribution is -0.149. The number of benzene rings is 3. The van der Waals surface area contributed by atoms with Crippen LogP contribution in [0.25, 0.3) is 21.8 Å². The first-order chi connectivity index (χ1) is 64.1. The normalized spacial score (nSPS) is 24.8. The molecule has 0 radical (unpaired) electrons. The van der Waals surface area contributed by atoms with Crippen LogP contribution >= 0.6 is 11.8 Å². The van der Waals surface area contributed by atoms with Gasteiger partial charge in [0.2, 0.25) is 94.5 Å². The van der Waals surface area contributed by atoms with Crippen molar-refractivity contribution in [2.45, 2.75) is 241 Å². The first-order valence-corrected chi connectivity index (χ1v) is 46.4. The van der Waals surface area contributed by atoms with Crippen molar-refractivity contribution in [1.29, 1.82) is 0 Å². The van der Waals surface area contributed by atoms with Crippen LogP contribution < -0.4 is 70.8 Å².